The zero-order valence-corrected chi connectivity index (χ0v) is 8.12. The van der Waals surface area contributed by atoms with Crippen LogP contribution in [0.15, 0.2) is 12.3 Å². The molecule has 0 amide bonds. The lowest BCUT2D eigenvalue weighted by Gasteiger charge is -2.06. The first-order valence-corrected chi connectivity index (χ1v) is 4.47. The van der Waals surface area contributed by atoms with Gasteiger partial charge in [-0.2, -0.15) is 0 Å². The minimum Gasteiger partial charge on any atom is -0.393 e. The zero-order chi connectivity index (χ0) is 9.68. The fourth-order valence-corrected chi connectivity index (χ4v) is 0.990. The normalized spacial score (nSPS) is 12.5. The van der Waals surface area contributed by atoms with Crippen molar-refractivity contribution in [2.75, 3.05) is 11.9 Å². The van der Waals surface area contributed by atoms with E-state index in [1.54, 1.807) is 19.2 Å². The first-order chi connectivity index (χ1) is 6.18. The second-order valence-corrected chi connectivity index (χ2v) is 3.11. The summed E-state index contributed by atoms with van der Waals surface area (Å²) in [7, 11) is 0. The highest BCUT2D eigenvalue weighted by atomic mass is 35.5. The average Bonchev–Trinajstić information content (AvgIpc) is 2.03. The van der Waals surface area contributed by atoms with Gasteiger partial charge in [-0.15, -0.1) is 0 Å². The molecule has 1 aromatic heterocycles. The third-order valence-electron chi connectivity index (χ3n) is 1.49. The van der Waals surface area contributed by atoms with Gasteiger partial charge in [-0.3, -0.25) is 0 Å². The van der Waals surface area contributed by atoms with Crippen molar-refractivity contribution in [2.24, 2.45) is 0 Å². The summed E-state index contributed by atoms with van der Waals surface area (Å²) in [5, 5.41) is 12.2. The number of aliphatic hydroxyl groups excluding tert-OH is 1. The van der Waals surface area contributed by atoms with E-state index in [1.165, 1.54) is 0 Å². The van der Waals surface area contributed by atoms with Crippen molar-refractivity contribution in [3.05, 3.63) is 17.5 Å². The number of nitrogens with one attached hydrogen (secondary N) is 1. The molecule has 0 fully saturated rings. The van der Waals surface area contributed by atoms with E-state index in [2.05, 4.69) is 15.3 Å². The minimum atomic E-state index is -0.301. The molecule has 5 heteroatoms. The van der Waals surface area contributed by atoms with Crippen LogP contribution in [0.4, 0.5) is 5.82 Å². The van der Waals surface area contributed by atoms with E-state index in [0.29, 0.717) is 18.8 Å². The number of nitrogens with zero attached hydrogens (tertiary/aromatic N) is 2. The Hall–Kier alpha value is -0.870. The van der Waals surface area contributed by atoms with E-state index in [0.717, 1.165) is 0 Å². The van der Waals surface area contributed by atoms with Crippen molar-refractivity contribution < 1.29 is 5.11 Å². The monoisotopic (exact) mass is 201 g/mol. The number of aliphatic hydroxyl groups is 1. The van der Waals surface area contributed by atoms with Crippen molar-refractivity contribution in [3.63, 3.8) is 0 Å². The van der Waals surface area contributed by atoms with Crippen LogP contribution in [0.1, 0.15) is 13.3 Å². The first kappa shape index (κ1) is 10.2. The van der Waals surface area contributed by atoms with Crippen LogP contribution in [0.3, 0.4) is 0 Å². The van der Waals surface area contributed by atoms with Gasteiger partial charge < -0.3 is 10.4 Å². The predicted octanol–water partition coefficient (Wildman–Crippen LogP) is 1.31. The number of halogens is 1. The molecule has 0 saturated heterocycles. The van der Waals surface area contributed by atoms with E-state index in [4.69, 9.17) is 16.7 Å². The summed E-state index contributed by atoms with van der Waals surface area (Å²) >= 11 is 5.57. The first-order valence-electron chi connectivity index (χ1n) is 4.09. The summed E-state index contributed by atoms with van der Waals surface area (Å²) in [6.45, 7) is 2.42. The molecule has 0 unspecified atom stereocenters. The summed E-state index contributed by atoms with van der Waals surface area (Å²) in [6.07, 6.45) is 1.96. The molecular weight excluding hydrogens is 190 g/mol. The number of anilines is 1. The smallest absolute Gasteiger partial charge is 0.224 e. The van der Waals surface area contributed by atoms with Gasteiger partial charge >= 0.3 is 0 Å². The number of aromatic nitrogens is 2. The van der Waals surface area contributed by atoms with Crippen molar-refractivity contribution in [3.8, 4) is 0 Å². The Kier molecular flexibility index (Phi) is 3.92. The molecule has 0 aromatic carbocycles. The predicted molar refractivity (Wildman–Crippen MR) is 51.8 cm³/mol. The van der Waals surface area contributed by atoms with Crippen molar-refractivity contribution in [1.82, 2.24) is 9.97 Å². The molecule has 0 bridgehead atoms. The topological polar surface area (TPSA) is 58.0 Å². The highest BCUT2D eigenvalue weighted by Crippen LogP contribution is 2.05. The van der Waals surface area contributed by atoms with Crippen molar-refractivity contribution >= 4 is 17.4 Å². The zero-order valence-electron chi connectivity index (χ0n) is 7.37. The maximum atomic E-state index is 8.99. The van der Waals surface area contributed by atoms with E-state index < -0.39 is 0 Å². The SMILES string of the molecule is C[C@@H](O)CCNc1ccnc(Cl)n1. The molecule has 1 aromatic rings. The van der Waals surface area contributed by atoms with Gasteiger partial charge in [0.15, 0.2) is 0 Å². The van der Waals surface area contributed by atoms with Crippen LogP contribution in [0.2, 0.25) is 5.28 Å². The van der Waals surface area contributed by atoms with Crippen LogP contribution in [0, 0.1) is 0 Å². The van der Waals surface area contributed by atoms with Gasteiger partial charge in [-0.25, -0.2) is 9.97 Å². The van der Waals surface area contributed by atoms with Gasteiger partial charge in [0, 0.05) is 12.7 Å². The number of hydrogen-bond donors (Lipinski definition) is 2. The minimum absolute atomic E-state index is 0.224. The molecule has 1 heterocycles. The van der Waals surface area contributed by atoms with Crippen LogP contribution >= 0.6 is 11.6 Å². The van der Waals surface area contributed by atoms with E-state index in [1.807, 2.05) is 0 Å². The van der Waals surface area contributed by atoms with Crippen LogP contribution < -0.4 is 5.32 Å². The largest absolute Gasteiger partial charge is 0.393 e. The Balaban J connectivity index is 2.37. The van der Waals surface area contributed by atoms with Gasteiger partial charge in [-0.05, 0) is 31.0 Å². The summed E-state index contributed by atoms with van der Waals surface area (Å²) < 4.78 is 0. The second kappa shape index (κ2) is 4.99. The van der Waals surface area contributed by atoms with E-state index in [-0.39, 0.29) is 11.4 Å². The van der Waals surface area contributed by atoms with E-state index in [9.17, 15) is 0 Å². The Labute approximate surface area is 82.0 Å². The van der Waals surface area contributed by atoms with Crippen LogP contribution in [0.5, 0.6) is 0 Å². The molecule has 72 valence electrons. The van der Waals surface area contributed by atoms with Crippen LogP contribution in [-0.4, -0.2) is 27.7 Å². The fraction of sp³-hybridized carbons (Fsp3) is 0.500. The lowest BCUT2D eigenvalue weighted by atomic mass is 10.3. The fourth-order valence-electron chi connectivity index (χ4n) is 0.842. The van der Waals surface area contributed by atoms with Gasteiger partial charge in [-0.1, -0.05) is 0 Å². The maximum Gasteiger partial charge on any atom is 0.224 e. The standard InChI is InChI=1S/C8H12ClN3O/c1-6(13)2-4-10-7-3-5-11-8(9)12-7/h3,5-6,13H,2,4H2,1H3,(H,10,11,12)/t6-/m1/s1. The van der Waals surface area contributed by atoms with Crippen LogP contribution in [0.25, 0.3) is 0 Å². The molecule has 0 spiro atoms. The summed E-state index contributed by atoms with van der Waals surface area (Å²) in [4.78, 5) is 7.68. The lowest BCUT2D eigenvalue weighted by molar-refractivity contribution is 0.188. The van der Waals surface area contributed by atoms with Crippen molar-refractivity contribution in [1.29, 1.82) is 0 Å². The molecule has 2 N–H and O–H groups in total. The summed E-state index contributed by atoms with van der Waals surface area (Å²) in [5.41, 5.74) is 0. The highest BCUT2D eigenvalue weighted by Gasteiger charge is 1.97. The number of hydrogen-bond acceptors (Lipinski definition) is 4. The second-order valence-electron chi connectivity index (χ2n) is 2.78. The molecule has 13 heavy (non-hydrogen) atoms. The highest BCUT2D eigenvalue weighted by molar-refractivity contribution is 6.28. The quantitative estimate of drug-likeness (QED) is 0.722. The Bertz CT molecular complexity index is 267. The van der Waals surface area contributed by atoms with Crippen LogP contribution in [-0.2, 0) is 0 Å². The van der Waals surface area contributed by atoms with E-state index >= 15 is 0 Å². The van der Waals surface area contributed by atoms with Gasteiger partial charge in [0.2, 0.25) is 5.28 Å². The maximum absolute atomic E-state index is 8.99. The average molecular weight is 202 g/mol. The lowest BCUT2D eigenvalue weighted by Crippen LogP contribution is -2.10. The van der Waals surface area contributed by atoms with Gasteiger partial charge in [0.05, 0.1) is 6.10 Å². The van der Waals surface area contributed by atoms with Gasteiger partial charge in [0.1, 0.15) is 5.82 Å². The molecule has 4 nitrogen and oxygen atoms in total. The molecular formula is C8H12ClN3O. The molecule has 0 aliphatic rings. The summed E-state index contributed by atoms with van der Waals surface area (Å²) in [5.74, 6) is 0.681. The third kappa shape index (κ3) is 4.05. The Morgan fingerprint density at radius 3 is 3.08 bits per heavy atom. The Morgan fingerprint density at radius 1 is 1.69 bits per heavy atom. The Morgan fingerprint density at radius 2 is 2.46 bits per heavy atom. The molecule has 0 aliphatic heterocycles. The molecule has 1 rings (SSSR count). The molecule has 0 aliphatic carbocycles. The number of rotatable bonds is 4. The van der Waals surface area contributed by atoms with Crippen molar-refractivity contribution in [2.45, 2.75) is 19.4 Å². The molecule has 0 saturated carbocycles. The molecule has 0 radical (unpaired) electrons. The van der Waals surface area contributed by atoms with Gasteiger partial charge in [0.25, 0.3) is 0 Å². The molecule has 1 atom stereocenters. The summed E-state index contributed by atoms with van der Waals surface area (Å²) in [6, 6.07) is 1.73. The third-order valence-corrected chi connectivity index (χ3v) is 1.68.